The molecule has 2 unspecified atom stereocenters. The molecule has 4 N–H and O–H groups in total. The second-order valence-corrected chi connectivity index (χ2v) is 4.65. The number of hydrogen-bond acceptors (Lipinski definition) is 4. The van der Waals surface area contributed by atoms with Gasteiger partial charge in [0.2, 0.25) is 0 Å². The Hall–Kier alpha value is -1.66. The van der Waals surface area contributed by atoms with Crippen LogP contribution in [0.3, 0.4) is 0 Å². The Morgan fingerprint density at radius 2 is 2.26 bits per heavy atom. The summed E-state index contributed by atoms with van der Waals surface area (Å²) in [6.07, 6.45) is 2.76. The van der Waals surface area contributed by atoms with Gasteiger partial charge in [-0.05, 0) is 31.4 Å². The second kappa shape index (κ2) is 5.99. The lowest BCUT2D eigenvalue weighted by Crippen LogP contribution is -2.34. The lowest BCUT2D eigenvalue weighted by molar-refractivity contribution is 0.0915. The van der Waals surface area contributed by atoms with Crippen molar-refractivity contribution in [1.29, 1.82) is 0 Å². The molecule has 19 heavy (non-hydrogen) atoms. The van der Waals surface area contributed by atoms with Crippen LogP contribution in [-0.4, -0.2) is 25.2 Å². The van der Waals surface area contributed by atoms with Crippen molar-refractivity contribution in [1.82, 2.24) is 5.32 Å². The van der Waals surface area contributed by atoms with Crippen LogP contribution in [0, 0.1) is 5.82 Å². The monoisotopic (exact) mass is 267 g/mol. The lowest BCUT2D eigenvalue weighted by Gasteiger charge is -2.15. The van der Waals surface area contributed by atoms with Gasteiger partial charge in [-0.15, -0.1) is 0 Å². The number of benzene rings is 1. The Morgan fingerprint density at radius 1 is 1.47 bits per heavy atom. The molecule has 0 spiro atoms. The Bertz CT molecular complexity index is 467. The molecule has 2 atom stereocenters. The number of nitrogen functional groups attached to an aromatic ring is 1. The number of rotatable bonds is 4. The SMILES string of the molecule is COC1CCC(NC(=O)c2cccc(F)c2NN)C1. The molecule has 0 saturated heterocycles. The maximum Gasteiger partial charge on any atom is 0.253 e. The number of amides is 1. The first-order chi connectivity index (χ1) is 9.15. The molecule has 6 heteroatoms. The predicted molar refractivity (Wildman–Crippen MR) is 70.1 cm³/mol. The Morgan fingerprint density at radius 3 is 2.89 bits per heavy atom. The summed E-state index contributed by atoms with van der Waals surface area (Å²) >= 11 is 0. The predicted octanol–water partition coefficient (Wildman–Crippen LogP) is 1.41. The molecule has 1 aromatic carbocycles. The van der Waals surface area contributed by atoms with Gasteiger partial charge in [-0.2, -0.15) is 0 Å². The summed E-state index contributed by atoms with van der Waals surface area (Å²) in [6.45, 7) is 0. The maximum atomic E-state index is 13.5. The van der Waals surface area contributed by atoms with Gasteiger partial charge in [0, 0.05) is 13.2 Å². The third-order valence-corrected chi connectivity index (χ3v) is 3.46. The van der Waals surface area contributed by atoms with E-state index in [1.807, 2.05) is 0 Å². The molecule has 1 aliphatic carbocycles. The number of methoxy groups -OCH3 is 1. The van der Waals surface area contributed by atoms with Gasteiger partial charge in [0.25, 0.3) is 5.91 Å². The van der Waals surface area contributed by atoms with Crippen molar-refractivity contribution in [3.05, 3.63) is 29.6 Å². The van der Waals surface area contributed by atoms with Gasteiger partial charge in [0.1, 0.15) is 5.82 Å². The van der Waals surface area contributed by atoms with Crippen LogP contribution in [0.15, 0.2) is 18.2 Å². The van der Waals surface area contributed by atoms with Crippen molar-refractivity contribution in [2.45, 2.75) is 31.4 Å². The van der Waals surface area contributed by atoms with Crippen LogP contribution in [-0.2, 0) is 4.74 Å². The van der Waals surface area contributed by atoms with E-state index in [0.29, 0.717) is 0 Å². The minimum atomic E-state index is -0.545. The normalized spacial score (nSPS) is 22.3. The Kier molecular flexibility index (Phi) is 4.34. The average Bonchev–Trinajstić information content (AvgIpc) is 2.86. The summed E-state index contributed by atoms with van der Waals surface area (Å²) in [5.74, 6) is 4.38. The van der Waals surface area contributed by atoms with E-state index in [4.69, 9.17) is 10.6 Å². The van der Waals surface area contributed by atoms with Crippen LogP contribution < -0.4 is 16.6 Å². The van der Waals surface area contributed by atoms with E-state index < -0.39 is 5.82 Å². The second-order valence-electron chi connectivity index (χ2n) is 4.65. The highest BCUT2D eigenvalue weighted by Gasteiger charge is 2.26. The Balaban J connectivity index is 2.06. The van der Waals surface area contributed by atoms with Gasteiger partial charge in [-0.1, -0.05) is 6.07 Å². The van der Waals surface area contributed by atoms with Crippen LogP contribution >= 0.6 is 0 Å². The molecule has 1 aromatic rings. The molecule has 1 fully saturated rings. The molecule has 0 bridgehead atoms. The summed E-state index contributed by atoms with van der Waals surface area (Å²) < 4.78 is 18.7. The van der Waals surface area contributed by atoms with E-state index in [2.05, 4.69) is 10.7 Å². The number of nitrogens with two attached hydrogens (primary N) is 1. The number of anilines is 1. The van der Waals surface area contributed by atoms with E-state index in [1.165, 1.54) is 18.2 Å². The summed E-state index contributed by atoms with van der Waals surface area (Å²) in [7, 11) is 1.66. The van der Waals surface area contributed by atoms with E-state index >= 15 is 0 Å². The lowest BCUT2D eigenvalue weighted by atomic mass is 10.1. The van der Waals surface area contributed by atoms with Crippen LogP contribution in [0.2, 0.25) is 0 Å². The van der Waals surface area contributed by atoms with Crippen molar-refractivity contribution in [3.8, 4) is 0 Å². The summed E-state index contributed by atoms with van der Waals surface area (Å²) in [5.41, 5.74) is 2.46. The van der Waals surface area contributed by atoms with Crippen molar-refractivity contribution in [2.75, 3.05) is 12.5 Å². The highest BCUT2D eigenvalue weighted by Crippen LogP contribution is 2.23. The molecule has 1 saturated carbocycles. The largest absolute Gasteiger partial charge is 0.381 e. The zero-order valence-corrected chi connectivity index (χ0v) is 10.8. The Labute approximate surface area is 111 Å². The van der Waals surface area contributed by atoms with Crippen molar-refractivity contribution in [2.24, 2.45) is 5.84 Å². The molecule has 0 aliphatic heterocycles. The fraction of sp³-hybridized carbons (Fsp3) is 0.462. The smallest absolute Gasteiger partial charge is 0.253 e. The van der Waals surface area contributed by atoms with E-state index in [0.717, 1.165) is 19.3 Å². The number of hydrogen-bond donors (Lipinski definition) is 3. The molecule has 1 amide bonds. The zero-order valence-electron chi connectivity index (χ0n) is 10.8. The number of halogens is 1. The molecule has 5 nitrogen and oxygen atoms in total. The zero-order chi connectivity index (χ0) is 13.8. The van der Waals surface area contributed by atoms with Gasteiger partial charge in [-0.3, -0.25) is 10.6 Å². The van der Waals surface area contributed by atoms with Crippen molar-refractivity contribution < 1.29 is 13.9 Å². The molecule has 0 aromatic heterocycles. The standard InChI is InChI=1S/C13H18FN3O2/c1-19-9-6-5-8(7-9)16-13(18)10-3-2-4-11(14)12(10)17-15/h2-4,8-9,17H,5-7,15H2,1H3,(H,16,18). The first-order valence-corrected chi connectivity index (χ1v) is 6.24. The minimum Gasteiger partial charge on any atom is -0.381 e. The highest BCUT2D eigenvalue weighted by atomic mass is 19.1. The summed E-state index contributed by atoms with van der Waals surface area (Å²) in [6, 6.07) is 4.34. The number of ether oxygens (including phenoxy) is 1. The van der Waals surface area contributed by atoms with Gasteiger partial charge in [-0.25, -0.2) is 4.39 Å². The minimum absolute atomic E-state index is 0.0151. The molecule has 104 valence electrons. The van der Waals surface area contributed by atoms with Crippen LogP contribution in [0.5, 0.6) is 0 Å². The van der Waals surface area contributed by atoms with E-state index in [-0.39, 0.29) is 29.3 Å². The first kappa shape index (κ1) is 13.8. The van der Waals surface area contributed by atoms with Crippen LogP contribution in [0.25, 0.3) is 0 Å². The highest BCUT2D eigenvalue weighted by molar-refractivity contribution is 5.99. The number of carbonyl (C=O) groups excluding carboxylic acids is 1. The van der Waals surface area contributed by atoms with Crippen molar-refractivity contribution in [3.63, 3.8) is 0 Å². The number of hydrazine groups is 1. The fourth-order valence-electron chi connectivity index (χ4n) is 2.41. The maximum absolute atomic E-state index is 13.5. The third kappa shape index (κ3) is 3.02. The number of carbonyl (C=O) groups is 1. The number of nitrogens with one attached hydrogen (secondary N) is 2. The molecule has 0 radical (unpaired) electrons. The van der Waals surface area contributed by atoms with Gasteiger partial charge >= 0.3 is 0 Å². The number of para-hydroxylation sites is 1. The summed E-state index contributed by atoms with van der Waals surface area (Å²) in [4.78, 5) is 12.1. The van der Waals surface area contributed by atoms with E-state index in [9.17, 15) is 9.18 Å². The molecular formula is C13H18FN3O2. The van der Waals surface area contributed by atoms with Crippen LogP contribution in [0.1, 0.15) is 29.6 Å². The molecule has 1 aliphatic rings. The van der Waals surface area contributed by atoms with Gasteiger partial charge in [0.15, 0.2) is 0 Å². The third-order valence-electron chi connectivity index (χ3n) is 3.46. The van der Waals surface area contributed by atoms with E-state index in [1.54, 1.807) is 7.11 Å². The molecule has 2 rings (SSSR count). The summed E-state index contributed by atoms with van der Waals surface area (Å²) in [5, 5.41) is 2.88. The van der Waals surface area contributed by atoms with Gasteiger partial charge < -0.3 is 15.5 Å². The molecular weight excluding hydrogens is 249 g/mol. The fourth-order valence-corrected chi connectivity index (χ4v) is 2.41. The van der Waals surface area contributed by atoms with Gasteiger partial charge in [0.05, 0.1) is 17.4 Å². The molecule has 0 heterocycles. The van der Waals surface area contributed by atoms with Crippen molar-refractivity contribution >= 4 is 11.6 Å². The first-order valence-electron chi connectivity index (χ1n) is 6.24. The average molecular weight is 267 g/mol. The van der Waals surface area contributed by atoms with Crippen LogP contribution in [0.4, 0.5) is 10.1 Å². The quantitative estimate of drug-likeness (QED) is 0.569. The topological polar surface area (TPSA) is 76.4 Å².